The molecule has 0 saturated heterocycles. The van der Waals surface area contributed by atoms with E-state index in [4.69, 9.17) is 9.72 Å². The third-order valence-electron chi connectivity index (χ3n) is 7.78. The van der Waals surface area contributed by atoms with Crippen LogP contribution >= 0.6 is 0 Å². The minimum atomic E-state index is 0. The molecular weight excluding hydrogens is 734 g/mol. The van der Waals surface area contributed by atoms with Gasteiger partial charge in [0.25, 0.3) is 0 Å². The van der Waals surface area contributed by atoms with Crippen LogP contribution in [-0.2, 0) is 21.1 Å². The summed E-state index contributed by atoms with van der Waals surface area (Å²) in [7, 11) is 0. The van der Waals surface area contributed by atoms with Crippen LogP contribution in [0.1, 0.15) is 0 Å². The predicted molar refractivity (Wildman–Crippen MR) is 177 cm³/mol. The Bertz CT molecular complexity index is 2240. The summed E-state index contributed by atoms with van der Waals surface area (Å²) in [5.74, 6) is 1.95. The van der Waals surface area contributed by atoms with Crippen molar-refractivity contribution in [2.24, 2.45) is 0 Å². The van der Waals surface area contributed by atoms with E-state index in [1.165, 1.54) is 0 Å². The molecule has 45 heavy (non-hydrogen) atoms. The third kappa shape index (κ3) is 5.57. The maximum atomic E-state index is 6.12. The van der Waals surface area contributed by atoms with Gasteiger partial charge < -0.3 is 9.30 Å². The number of ether oxygens (including phenoxy) is 1. The third-order valence-corrected chi connectivity index (χ3v) is 7.78. The van der Waals surface area contributed by atoms with Crippen LogP contribution in [0.15, 0.2) is 152 Å². The Labute approximate surface area is 275 Å². The second-order valence-corrected chi connectivity index (χ2v) is 10.5. The van der Waals surface area contributed by atoms with Crippen molar-refractivity contribution in [1.29, 1.82) is 0 Å². The van der Waals surface area contributed by atoms with Crippen LogP contribution in [0.2, 0.25) is 0 Å². The normalized spacial score (nSPS) is 10.9. The van der Waals surface area contributed by atoms with Crippen LogP contribution in [-0.4, -0.2) is 14.5 Å². The molecule has 0 aliphatic carbocycles. The molecule has 0 spiro atoms. The zero-order valence-electron chi connectivity index (χ0n) is 24.0. The topological polar surface area (TPSA) is 39.9 Å². The summed E-state index contributed by atoms with van der Waals surface area (Å²) < 4.78 is 8.31. The van der Waals surface area contributed by atoms with Crippen LogP contribution < -0.4 is 4.74 Å². The first-order chi connectivity index (χ1) is 21.8. The van der Waals surface area contributed by atoms with Gasteiger partial charge in [0, 0.05) is 35.3 Å². The maximum Gasteiger partial charge on any atom is 2.00 e. The van der Waals surface area contributed by atoms with Crippen LogP contribution in [0, 0.1) is 12.1 Å². The molecule has 5 aromatic carbocycles. The van der Waals surface area contributed by atoms with E-state index in [0.29, 0.717) is 11.6 Å². The maximum absolute atomic E-state index is 6.12. The zero-order chi connectivity index (χ0) is 29.3. The summed E-state index contributed by atoms with van der Waals surface area (Å²) in [6, 6.07) is 54.3. The van der Waals surface area contributed by atoms with Crippen molar-refractivity contribution in [3.63, 3.8) is 0 Å². The second kappa shape index (κ2) is 12.4. The van der Waals surface area contributed by atoms with Gasteiger partial charge in [-0.3, -0.25) is 0 Å². The number of hydrogen-bond donors (Lipinski definition) is 0. The van der Waals surface area contributed by atoms with E-state index in [1.54, 1.807) is 0 Å². The summed E-state index contributed by atoms with van der Waals surface area (Å²) in [4.78, 5) is 9.34. The van der Waals surface area contributed by atoms with Gasteiger partial charge in [0.2, 0.25) is 5.88 Å². The molecule has 0 amide bonds. The molecule has 0 fully saturated rings. The molecule has 3 aromatic heterocycles. The first-order valence-electron chi connectivity index (χ1n) is 14.5. The Morgan fingerprint density at radius 3 is 2.04 bits per heavy atom. The van der Waals surface area contributed by atoms with Crippen molar-refractivity contribution in [3.8, 4) is 50.8 Å². The summed E-state index contributed by atoms with van der Waals surface area (Å²) in [6.07, 6.45) is 3.70. The molecule has 0 radical (unpaired) electrons. The van der Waals surface area contributed by atoms with Crippen LogP contribution in [0.5, 0.6) is 11.6 Å². The molecule has 0 atom stereocenters. The quantitative estimate of drug-likeness (QED) is 0.159. The molecular formula is C40H25N3OPt. The van der Waals surface area contributed by atoms with E-state index in [-0.39, 0.29) is 21.1 Å². The van der Waals surface area contributed by atoms with E-state index >= 15 is 0 Å². The fourth-order valence-electron chi connectivity index (χ4n) is 5.66. The van der Waals surface area contributed by atoms with Crippen molar-refractivity contribution in [2.75, 3.05) is 0 Å². The van der Waals surface area contributed by atoms with E-state index in [0.717, 1.165) is 61.0 Å². The number of nitrogens with zero attached hydrogens (tertiary/aromatic N) is 3. The molecule has 8 rings (SSSR count). The van der Waals surface area contributed by atoms with Gasteiger partial charge in [-0.15, -0.1) is 18.2 Å². The summed E-state index contributed by atoms with van der Waals surface area (Å²) in [6.45, 7) is 0. The van der Waals surface area contributed by atoms with E-state index in [2.05, 4.69) is 101 Å². The average molecular weight is 759 g/mol. The van der Waals surface area contributed by atoms with Gasteiger partial charge in [-0.25, -0.2) is 21.1 Å². The smallest absolute Gasteiger partial charge is 0.460 e. The van der Waals surface area contributed by atoms with Crippen molar-refractivity contribution >= 4 is 21.8 Å². The fourth-order valence-corrected chi connectivity index (χ4v) is 5.66. The van der Waals surface area contributed by atoms with Gasteiger partial charge in [0.15, 0.2) is 0 Å². The number of pyridine rings is 2. The average Bonchev–Trinajstić information content (AvgIpc) is 3.43. The van der Waals surface area contributed by atoms with E-state index in [1.807, 2.05) is 73.1 Å². The molecule has 0 aliphatic heterocycles. The van der Waals surface area contributed by atoms with Gasteiger partial charge in [-0.2, -0.15) is 24.3 Å². The Morgan fingerprint density at radius 2 is 1.27 bits per heavy atom. The first-order valence-corrected chi connectivity index (χ1v) is 14.5. The predicted octanol–water partition coefficient (Wildman–Crippen LogP) is 9.96. The van der Waals surface area contributed by atoms with Crippen molar-refractivity contribution in [3.05, 3.63) is 164 Å². The molecule has 0 N–H and O–H groups in total. The van der Waals surface area contributed by atoms with Crippen LogP contribution in [0.4, 0.5) is 0 Å². The number of aromatic nitrogens is 3. The molecule has 0 unspecified atom stereocenters. The zero-order valence-corrected chi connectivity index (χ0v) is 26.3. The summed E-state index contributed by atoms with van der Waals surface area (Å²) >= 11 is 0. The molecule has 0 saturated carbocycles. The molecule has 0 bridgehead atoms. The SMILES string of the molecule is [Pt+2].[c-]1c(Oc2ccc(-c3ccccc3)cn2)cccc1-c1[c-]c2c(cc1)c1ccccc1n2-c1cc(-c2ccccc2)ccn1. The summed E-state index contributed by atoms with van der Waals surface area (Å²) in [5.41, 5.74) is 8.26. The Hall–Kier alpha value is -5.31. The molecule has 8 aromatic rings. The van der Waals surface area contributed by atoms with Crippen LogP contribution in [0.25, 0.3) is 61.0 Å². The van der Waals surface area contributed by atoms with E-state index < -0.39 is 0 Å². The monoisotopic (exact) mass is 758 g/mol. The largest absolute Gasteiger partial charge is 2.00 e. The number of hydrogen-bond acceptors (Lipinski definition) is 3. The van der Waals surface area contributed by atoms with Crippen molar-refractivity contribution in [2.45, 2.75) is 0 Å². The minimum Gasteiger partial charge on any atom is -0.460 e. The molecule has 5 heteroatoms. The molecule has 216 valence electrons. The first kappa shape index (κ1) is 28.5. The number of fused-ring (bicyclic) bond motifs is 3. The van der Waals surface area contributed by atoms with Crippen molar-refractivity contribution in [1.82, 2.24) is 14.5 Å². The number of para-hydroxylation sites is 1. The van der Waals surface area contributed by atoms with Gasteiger partial charge in [0.1, 0.15) is 5.82 Å². The summed E-state index contributed by atoms with van der Waals surface area (Å²) in [5, 5.41) is 2.27. The van der Waals surface area contributed by atoms with E-state index in [9.17, 15) is 0 Å². The molecule has 4 nitrogen and oxygen atoms in total. The number of benzene rings is 5. The van der Waals surface area contributed by atoms with Crippen molar-refractivity contribution < 1.29 is 25.8 Å². The standard InChI is InChI=1S/C40H25N3O.Pt/c1-3-10-28(11-4-1)32-22-23-41-39(26-32)43-37-17-8-7-16-35(37)36-20-18-31(25-38(36)43)30-14-9-15-34(24-30)44-40-21-19-33(27-42-40)29-12-5-2-6-13-29;/h1-23,26-27H;/q-2;+2. The Morgan fingerprint density at radius 1 is 0.533 bits per heavy atom. The number of rotatable bonds is 6. The minimum absolute atomic E-state index is 0. The van der Waals surface area contributed by atoms with Gasteiger partial charge >= 0.3 is 21.1 Å². The van der Waals surface area contributed by atoms with Crippen LogP contribution in [0.3, 0.4) is 0 Å². The van der Waals surface area contributed by atoms with Gasteiger partial charge in [-0.1, -0.05) is 84.2 Å². The fraction of sp³-hybridized carbons (Fsp3) is 0. The van der Waals surface area contributed by atoms with Gasteiger partial charge in [-0.05, 0) is 51.9 Å². The van der Waals surface area contributed by atoms with Gasteiger partial charge in [0.05, 0.1) is 0 Å². The second-order valence-electron chi connectivity index (χ2n) is 10.5. The molecule has 0 aliphatic rings. The Kier molecular flexibility index (Phi) is 7.81. The molecule has 3 heterocycles. The Balaban J connectivity index is 0.00000325.